The summed E-state index contributed by atoms with van der Waals surface area (Å²) in [5, 5.41) is 0. The van der Waals surface area contributed by atoms with Gasteiger partial charge >= 0.3 is 0 Å². The van der Waals surface area contributed by atoms with Crippen molar-refractivity contribution >= 4 is 22.6 Å². The molecule has 2 aromatic heterocycles. The number of rotatable bonds is 2. The van der Waals surface area contributed by atoms with Gasteiger partial charge in [0.15, 0.2) is 0 Å². The van der Waals surface area contributed by atoms with Gasteiger partial charge in [-0.15, -0.1) is 0 Å². The maximum absolute atomic E-state index is 5.24. The molecule has 0 fully saturated rings. The highest BCUT2D eigenvalue weighted by atomic mass is 127. The van der Waals surface area contributed by atoms with E-state index in [1.165, 1.54) is 3.70 Å². The number of halogens is 1. The van der Waals surface area contributed by atoms with Gasteiger partial charge in [0.25, 0.3) is 0 Å². The molecule has 0 saturated carbocycles. The average Bonchev–Trinajstić information content (AvgIpc) is 2.65. The first kappa shape index (κ1) is 7.91. The first-order valence-corrected chi connectivity index (χ1v) is 4.77. The summed E-state index contributed by atoms with van der Waals surface area (Å²) in [6, 6.07) is 8.00. The number of hydrogen-bond acceptors (Lipinski definition) is 1. The largest absolute Gasteiger partial charge is 0.467 e. The van der Waals surface area contributed by atoms with E-state index in [0.717, 1.165) is 12.3 Å². The number of aromatic nitrogens is 1. The fourth-order valence-corrected chi connectivity index (χ4v) is 1.63. The molecule has 0 aromatic carbocycles. The predicted octanol–water partition coefficient (Wildman–Crippen LogP) is 2.73. The molecule has 3 heteroatoms. The van der Waals surface area contributed by atoms with Crippen molar-refractivity contribution < 1.29 is 4.42 Å². The molecule has 2 rings (SSSR count). The summed E-state index contributed by atoms with van der Waals surface area (Å²) in [6.45, 7) is 0.818. The zero-order valence-corrected chi connectivity index (χ0v) is 8.56. The molecule has 0 amide bonds. The van der Waals surface area contributed by atoms with E-state index in [1.807, 2.05) is 24.4 Å². The highest BCUT2D eigenvalue weighted by Crippen LogP contribution is 2.09. The molecule has 0 unspecified atom stereocenters. The van der Waals surface area contributed by atoms with Crippen molar-refractivity contribution in [3.8, 4) is 0 Å². The Hall–Kier alpha value is -0.710. The number of furan rings is 1. The van der Waals surface area contributed by atoms with Crippen molar-refractivity contribution in [3.05, 3.63) is 46.2 Å². The molecular weight excluding hydrogens is 265 g/mol. The fraction of sp³-hybridized carbons (Fsp3) is 0.111. The van der Waals surface area contributed by atoms with Crippen molar-refractivity contribution in [1.29, 1.82) is 0 Å². The molecule has 0 atom stereocenters. The summed E-state index contributed by atoms with van der Waals surface area (Å²) in [6.07, 6.45) is 3.75. The molecule has 0 aliphatic rings. The zero-order valence-electron chi connectivity index (χ0n) is 6.40. The lowest BCUT2D eigenvalue weighted by Gasteiger charge is -2.00. The van der Waals surface area contributed by atoms with Crippen LogP contribution in [0.1, 0.15) is 5.76 Å². The van der Waals surface area contributed by atoms with Gasteiger partial charge in [0.05, 0.1) is 16.5 Å². The van der Waals surface area contributed by atoms with Gasteiger partial charge < -0.3 is 8.98 Å². The molecule has 0 bridgehead atoms. The highest BCUT2D eigenvalue weighted by Gasteiger charge is 1.99. The topological polar surface area (TPSA) is 18.1 Å². The number of hydrogen-bond donors (Lipinski definition) is 0. The van der Waals surface area contributed by atoms with E-state index < -0.39 is 0 Å². The maximum atomic E-state index is 5.24. The summed E-state index contributed by atoms with van der Waals surface area (Å²) < 4.78 is 8.60. The van der Waals surface area contributed by atoms with Crippen LogP contribution in [0.4, 0.5) is 0 Å². The van der Waals surface area contributed by atoms with E-state index in [2.05, 4.69) is 33.2 Å². The summed E-state index contributed by atoms with van der Waals surface area (Å²) in [4.78, 5) is 0. The first-order valence-electron chi connectivity index (χ1n) is 3.69. The van der Waals surface area contributed by atoms with Crippen LogP contribution < -0.4 is 0 Å². The van der Waals surface area contributed by atoms with Gasteiger partial charge in [0.2, 0.25) is 0 Å². The number of nitrogens with zero attached hydrogens (tertiary/aromatic N) is 1. The smallest absolute Gasteiger partial charge is 0.123 e. The fourth-order valence-electron chi connectivity index (χ4n) is 1.09. The molecule has 0 radical (unpaired) electrons. The van der Waals surface area contributed by atoms with Crippen LogP contribution in [0.15, 0.2) is 41.1 Å². The molecule has 0 N–H and O–H groups in total. The average molecular weight is 273 g/mol. The van der Waals surface area contributed by atoms with E-state index in [9.17, 15) is 0 Å². The van der Waals surface area contributed by atoms with Crippen LogP contribution in [0.25, 0.3) is 0 Å². The summed E-state index contributed by atoms with van der Waals surface area (Å²) in [5.41, 5.74) is 0. The third kappa shape index (κ3) is 1.55. The van der Waals surface area contributed by atoms with E-state index in [-0.39, 0.29) is 0 Å². The van der Waals surface area contributed by atoms with Crippen LogP contribution in [-0.4, -0.2) is 4.57 Å². The second-order valence-electron chi connectivity index (χ2n) is 2.54. The van der Waals surface area contributed by atoms with Crippen LogP contribution >= 0.6 is 22.6 Å². The van der Waals surface area contributed by atoms with Gasteiger partial charge in [-0.05, 0) is 46.9 Å². The Balaban J connectivity index is 2.20. The van der Waals surface area contributed by atoms with E-state index in [4.69, 9.17) is 4.42 Å². The molecule has 2 aromatic rings. The SMILES string of the molecule is Ic1cccn1Cc1ccco1. The Morgan fingerprint density at radius 3 is 2.83 bits per heavy atom. The van der Waals surface area contributed by atoms with E-state index in [0.29, 0.717) is 0 Å². The van der Waals surface area contributed by atoms with Gasteiger partial charge in [0.1, 0.15) is 5.76 Å². The molecule has 0 spiro atoms. The van der Waals surface area contributed by atoms with Crippen molar-refractivity contribution in [3.63, 3.8) is 0 Å². The van der Waals surface area contributed by atoms with Crippen LogP contribution in [0.5, 0.6) is 0 Å². The normalized spacial score (nSPS) is 10.4. The van der Waals surface area contributed by atoms with Gasteiger partial charge in [0, 0.05) is 6.20 Å². The van der Waals surface area contributed by atoms with Crippen LogP contribution in [0, 0.1) is 3.70 Å². The van der Waals surface area contributed by atoms with Crippen molar-refractivity contribution in [2.24, 2.45) is 0 Å². The Bertz CT molecular complexity index is 350. The molecule has 0 aliphatic heterocycles. The maximum Gasteiger partial charge on any atom is 0.123 e. The lowest BCUT2D eigenvalue weighted by molar-refractivity contribution is 0.492. The van der Waals surface area contributed by atoms with Crippen molar-refractivity contribution in [1.82, 2.24) is 4.57 Å². The standard InChI is InChI=1S/C9H8INO/c10-9-4-1-5-11(9)7-8-3-2-6-12-8/h1-6H,7H2. The zero-order chi connectivity index (χ0) is 8.39. The Morgan fingerprint density at radius 1 is 1.33 bits per heavy atom. The van der Waals surface area contributed by atoms with Gasteiger partial charge in [-0.1, -0.05) is 0 Å². The first-order chi connectivity index (χ1) is 5.86. The lowest BCUT2D eigenvalue weighted by atomic mass is 10.4. The third-order valence-electron chi connectivity index (χ3n) is 1.68. The van der Waals surface area contributed by atoms with Crippen molar-refractivity contribution in [2.75, 3.05) is 0 Å². The minimum atomic E-state index is 0.818. The molecule has 62 valence electrons. The second kappa shape index (κ2) is 3.35. The highest BCUT2D eigenvalue weighted by molar-refractivity contribution is 14.1. The monoisotopic (exact) mass is 273 g/mol. The quantitative estimate of drug-likeness (QED) is 0.769. The van der Waals surface area contributed by atoms with E-state index in [1.54, 1.807) is 6.26 Å². The summed E-state index contributed by atoms with van der Waals surface area (Å²) >= 11 is 2.30. The summed E-state index contributed by atoms with van der Waals surface area (Å²) in [5.74, 6) is 0.990. The Kier molecular flexibility index (Phi) is 2.21. The predicted molar refractivity (Wildman–Crippen MR) is 55.0 cm³/mol. The van der Waals surface area contributed by atoms with Crippen molar-refractivity contribution in [2.45, 2.75) is 6.54 Å². The molecule has 0 aliphatic carbocycles. The van der Waals surface area contributed by atoms with Crippen LogP contribution in [-0.2, 0) is 6.54 Å². The summed E-state index contributed by atoms with van der Waals surface area (Å²) in [7, 11) is 0. The second-order valence-corrected chi connectivity index (χ2v) is 3.64. The Labute approximate surface area is 84.3 Å². The minimum Gasteiger partial charge on any atom is -0.467 e. The molecular formula is C9H8INO. The Morgan fingerprint density at radius 2 is 2.25 bits per heavy atom. The molecule has 2 nitrogen and oxygen atoms in total. The van der Waals surface area contributed by atoms with Gasteiger partial charge in [-0.25, -0.2) is 0 Å². The third-order valence-corrected chi connectivity index (χ3v) is 2.66. The van der Waals surface area contributed by atoms with Gasteiger partial charge in [-0.2, -0.15) is 0 Å². The van der Waals surface area contributed by atoms with Crippen LogP contribution in [0.3, 0.4) is 0 Å². The van der Waals surface area contributed by atoms with Gasteiger partial charge in [-0.3, -0.25) is 0 Å². The lowest BCUT2D eigenvalue weighted by Crippen LogP contribution is -1.97. The van der Waals surface area contributed by atoms with E-state index >= 15 is 0 Å². The molecule has 2 heterocycles. The van der Waals surface area contributed by atoms with Crippen LogP contribution in [0.2, 0.25) is 0 Å². The molecule has 0 saturated heterocycles. The minimum absolute atomic E-state index is 0.818. The molecule has 12 heavy (non-hydrogen) atoms.